The monoisotopic (exact) mass is 561 g/mol. The second kappa shape index (κ2) is 10.9. The molecule has 1 unspecified atom stereocenters. The molecule has 2 aliphatic rings. The van der Waals surface area contributed by atoms with Crippen LogP contribution in [-0.2, 0) is 28.7 Å². The van der Waals surface area contributed by atoms with Gasteiger partial charge in [-0.05, 0) is 56.6 Å². The summed E-state index contributed by atoms with van der Waals surface area (Å²) in [7, 11) is 0. The fraction of sp³-hybridized carbons (Fsp3) is 0.444. The third kappa shape index (κ3) is 5.63. The fourth-order valence-corrected chi connectivity index (χ4v) is 5.06. The number of pyridine rings is 1. The number of fused-ring (bicyclic) bond motifs is 1. The number of hydrogen-bond acceptors (Lipinski definition) is 7. The Balaban J connectivity index is 1.43. The molecule has 0 radical (unpaired) electrons. The standard InChI is InChI=1S/C27H27F4N5O4/c1-15-3-5-18(6-4-15)25(37)36-16(2)39-26(38)19-12-23(21(28)13-22(19)36)40-24-20(27(29,30)31)11-17(14-32-24)7-10-35-33-8-9-34-35/h8-9,11-16,18H,3-7,10H2,1-2H3/t15-,16?,18-. The fourth-order valence-electron chi connectivity index (χ4n) is 5.06. The van der Waals surface area contributed by atoms with E-state index in [4.69, 9.17) is 9.47 Å². The van der Waals surface area contributed by atoms with Gasteiger partial charge in [0.15, 0.2) is 17.8 Å². The van der Waals surface area contributed by atoms with Crippen LogP contribution in [0, 0.1) is 17.7 Å². The number of hydrogen-bond donors (Lipinski definition) is 0. The van der Waals surface area contributed by atoms with E-state index >= 15 is 4.39 Å². The number of aromatic nitrogens is 4. The Kier molecular flexibility index (Phi) is 7.47. The maximum absolute atomic E-state index is 15.3. The molecule has 3 aromatic rings. The number of anilines is 1. The van der Waals surface area contributed by atoms with E-state index in [1.807, 2.05) is 0 Å². The summed E-state index contributed by atoms with van der Waals surface area (Å²) >= 11 is 0. The highest BCUT2D eigenvalue weighted by molar-refractivity contribution is 6.06. The quantitative estimate of drug-likeness (QED) is 0.288. The third-order valence-electron chi connectivity index (χ3n) is 7.26. The van der Waals surface area contributed by atoms with E-state index in [2.05, 4.69) is 22.1 Å². The van der Waals surface area contributed by atoms with Crippen LogP contribution in [-0.4, -0.2) is 38.1 Å². The van der Waals surface area contributed by atoms with Gasteiger partial charge < -0.3 is 9.47 Å². The lowest BCUT2D eigenvalue weighted by atomic mass is 9.82. The summed E-state index contributed by atoms with van der Waals surface area (Å²) in [5.41, 5.74) is -1.17. The lowest BCUT2D eigenvalue weighted by molar-refractivity contribution is -0.139. The zero-order valence-corrected chi connectivity index (χ0v) is 21.8. The summed E-state index contributed by atoms with van der Waals surface area (Å²) in [6, 6.07) is 2.73. The topological polar surface area (TPSA) is 99.4 Å². The van der Waals surface area contributed by atoms with Crippen molar-refractivity contribution in [1.82, 2.24) is 20.0 Å². The number of rotatable bonds is 6. The number of aryl methyl sites for hydroxylation is 2. The number of cyclic esters (lactones) is 1. The largest absolute Gasteiger partial charge is 0.438 e. The number of alkyl halides is 3. The first kappa shape index (κ1) is 27.5. The summed E-state index contributed by atoms with van der Waals surface area (Å²) in [6.07, 6.45) is 1.49. The van der Waals surface area contributed by atoms with Crippen LogP contribution >= 0.6 is 0 Å². The molecule has 1 saturated carbocycles. The maximum atomic E-state index is 15.3. The molecule has 0 saturated heterocycles. The number of benzene rings is 1. The predicted octanol–water partition coefficient (Wildman–Crippen LogP) is 5.54. The van der Waals surface area contributed by atoms with E-state index in [9.17, 15) is 22.8 Å². The van der Waals surface area contributed by atoms with Gasteiger partial charge in [-0.15, -0.1) is 0 Å². The van der Waals surface area contributed by atoms with E-state index in [0.717, 1.165) is 31.0 Å². The SMILES string of the molecule is CC1OC(=O)c2cc(Oc3ncc(CCn4nccn4)cc3C(F)(F)F)c(F)cc2N1C(=O)[C@H]1CC[C@H](C)CC1. The Bertz CT molecular complexity index is 1400. The van der Waals surface area contributed by atoms with Gasteiger partial charge in [0.05, 0.1) is 30.2 Å². The second-order valence-electron chi connectivity index (χ2n) is 10.1. The molecule has 3 heterocycles. The number of nitrogens with zero attached hydrogens (tertiary/aromatic N) is 5. The van der Waals surface area contributed by atoms with Crippen molar-refractivity contribution < 1.29 is 36.6 Å². The van der Waals surface area contributed by atoms with Gasteiger partial charge in [0.2, 0.25) is 11.8 Å². The zero-order valence-electron chi connectivity index (χ0n) is 21.8. The average Bonchev–Trinajstić information content (AvgIpc) is 3.42. The highest BCUT2D eigenvalue weighted by Crippen LogP contribution is 2.41. The minimum absolute atomic E-state index is 0.0104. The molecule has 5 rings (SSSR count). The molecule has 40 heavy (non-hydrogen) atoms. The molecule has 13 heteroatoms. The number of carbonyl (C=O) groups excluding carboxylic acids is 2. The number of halogens is 4. The van der Waals surface area contributed by atoms with E-state index in [1.165, 1.54) is 35.2 Å². The molecule has 9 nitrogen and oxygen atoms in total. The van der Waals surface area contributed by atoms with E-state index < -0.39 is 41.4 Å². The van der Waals surface area contributed by atoms with Crippen molar-refractivity contribution in [3.05, 3.63) is 59.3 Å². The molecule has 0 spiro atoms. The van der Waals surface area contributed by atoms with Gasteiger partial charge in [0.25, 0.3) is 0 Å². The second-order valence-corrected chi connectivity index (χ2v) is 10.1. The van der Waals surface area contributed by atoms with Crippen LogP contribution in [0.4, 0.5) is 23.2 Å². The molecule has 1 aliphatic heterocycles. The Morgan fingerprint density at radius 3 is 2.48 bits per heavy atom. The first-order valence-corrected chi connectivity index (χ1v) is 13.0. The number of carbonyl (C=O) groups is 2. The minimum Gasteiger partial charge on any atom is -0.438 e. The van der Waals surface area contributed by atoms with E-state index in [0.29, 0.717) is 18.8 Å². The molecule has 0 N–H and O–H groups in total. The Morgan fingerprint density at radius 2 is 1.80 bits per heavy atom. The first-order valence-electron chi connectivity index (χ1n) is 13.0. The smallest absolute Gasteiger partial charge is 0.421 e. The summed E-state index contributed by atoms with van der Waals surface area (Å²) < 4.78 is 67.6. The highest BCUT2D eigenvalue weighted by Gasteiger charge is 2.40. The molecule has 1 amide bonds. The Labute approximate surface area is 227 Å². The number of esters is 1. The van der Waals surface area contributed by atoms with Crippen LogP contribution in [0.25, 0.3) is 0 Å². The lowest BCUT2D eigenvalue weighted by Gasteiger charge is -2.37. The van der Waals surface area contributed by atoms with E-state index in [1.54, 1.807) is 0 Å². The van der Waals surface area contributed by atoms with Gasteiger partial charge in [-0.2, -0.15) is 28.2 Å². The molecule has 2 aromatic heterocycles. The number of amides is 1. The van der Waals surface area contributed by atoms with Crippen LogP contribution in [0.3, 0.4) is 0 Å². The minimum atomic E-state index is -4.86. The molecule has 1 aliphatic carbocycles. The molecule has 1 atom stereocenters. The molecular formula is C27H27F4N5O4. The molecule has 1 fully saturated rings. The van der Waals surface area contributed by atoms with E-state index in [-0.39, 0.29) is 41.6 Å². The van der Waals surface area contributed by atoms with Crippen LogP contribution < -0.4 is 9.64 Å². The summed E-state index contributed by atoms with van der Waals surface area (Å²) in [5.74, 6) is -3.53. The first-order chi connectivity index (χ1) is 19.0. The lowest BCUT2D eigenvalue weighted by Crippen LogP contribution is -2.48. The van der Waals surface area contributed by atoms with Gasteiger partial charge in [-0.25, -0.2) is 14.2 Å². The highest BCUT2D eigenvalue weighted by atomic mass is 19.4. The molecular weight excluding hydrogens is 534 g/mol. The van der Waals surface area contributed by atoms with Crippen molar-refractivity contribution in [2.75, 3.05) is 4.90 Å². The third-order valence-corrected chi connectivity index (χ3v) is 7.26. The maximum Gasteiger partial charge on any atom is 0.421 e. The summed E-state index contributed by atoms with van der Waals surface area (Å²) in [6.45, 7) is 3.85. The Hall–Kier alpha value is -4.03. The van der Waals surface area contributed by atoms with Crippen LogP contribution in [0.15, 0.2) is 36.8 Å². The predicted molar refractivity (Wildman–Crippen MR) is 133 cm³/mol. The van der Waals surface area contributed by atoms with Gasteiger partial charge in [-0.3, -0.25) is 9.69 Å². The Morgan fingerprint density at radius 1 is 1.10 bits per heavy atom. The molecule has 0 bridgehead atoms. The van der Waals surface area contributed by atoms with Gasteiger partial charge in [-0.1, -0.05) is 6.92 Å². The normalized spacial score (nSPS) is 21.1. The van der Waals surface area contributed by atoms with Gasteiger partial charge in [0.1, 0.15) is 5.56 Å². The van der Waals surface area contributed by atoms with Gasteiger partial charge >= 0.3 is 12.1 Å². The van der Waals surface area contributed by atoms with Crippen LogP contribution in [0.2, 0.25) is 0 Å². The van der Waals surface area contributed by atoms with Crippen molar-refractivity contribution in [2.24, 2.45) is 11.8 Å². The van der Waals surface area contributed by atoms with Crippen LogP contribution in [0.1, 0.15) is 61.0 Å². The summed E-state index contributed by atoms with van der Waals surface area (Å²) in [4.78, 5) is 32.4. The van der Waals surface area contributed by atoms with Crippen molar-refractivity contribution in [3.8, 4) is 11.6 Å². The van der Waals surface area contributed by atoms with Gasteiger partial charge in [0, 0.05) is 24.2 Å². The summed E-state index contributed by atoms with van der Waals surface area (Å²) in [5, 5.41) is 7.82. The van der Waals surface area contributed by atoms with Crippen molar-refractivity contribution in [1.29, 1.82) is 0 Å². The average molecular weight is 562 g/mol. The van der Waals surface area contributed by atoms with Crippen molar-refractivity contribution >= 4 is 17.6 Å². The van der Waals surface area contributed by atoms with Crippen LogP contribution in [0.5, 0.6) is 11.6 Å². The van der Waals surface area contributed by atoms with Crippen molar-refractivity contribution in [2.45, 2.75) is 64.9 Å². The van der Waals surface area contributed by atoms with Crippen molar-refractivity contribution in [3.63, 3.8) is 0 Å². The zero-order chi connectivity index (χ0) is 28.6. The molecule has 1 aromatic carbocycles. The number of ether oxygens (including phenoxy) is 2. The molecule has 212 valence electrons.